The lowest BCUT2D eigenvalue weighted by Gasteiger charge is -2.24. The fraction of sp³-hybridized carbons (Fsp3) is 0.417. The molecule has 0 saturated heterocycles. The van der Waals surface area contributed by atoms with Gasteiger partial charge in [-0.3, -0.25) is 4.79 Å². The number of aromatic nitrogens is 2. The molecule has 3 aromatic rings. The van der Waals surface area contributed by atoms with Crippen LogP contribution in [0.4, 0.5) is 10.1 Å². The summed E-state index contributed by atoms with van der Waals surface area (Å²) in [6.45, 7) is 1.33. The Labute approximate surface area is 195 Å². The Morgan fingerprint density at radius 3 is 2.61 bits per heavy atom. The van der Waals surface area contributed by atoms with Gasteiger partial charge in [0.2, 0.25) is 0 Å². The van der Waals surface area contributed by atoms with Crippen molar-refractivity contribution in [3.8, 4) is 5.75 Å². The summed E-state index contributed by atoms with van der Waals surface area (Å²) in [7, 11) is 4.00. The fourth-order valence-corrected chi connectivity index (χ4v) is 3.99. The quantitative estimate of drug-likeness (QED) is 0.408. The van der Waals surface area contributed by atoms with Crippen molar-refractivity contribution in [2.24, 2.45) is 0 Å². The molecule has 3 rings (SSSR count). The molecule has 1 amide bonds. The van der Waals surface area contributed by atoms with Crippen molar-refractivity contribution in [2.75, 3.05) is 57.3 Å². The first-order valence-electron chi connectivity index (χ1n) is 10.5. The van der Waals surface area contributed by atoms with Crippen LogP contribution in [0.1, 0.15) is 15.9 Å². The van der Waals surface area contributed by atoms with Gasteiger partial charge in [0.25, 0.3) is 5.91 Å². The van der Waals surface area contributed by atoms with Crippen molar-refractivity contribution < 1.29 is 23.4 Å². The van der Waals surface area contributed by atoms with Gasteiger partial charge in [0.15, 0.2) is 11.6 Å². The molecule has 7 nitrogen and oxygen atoms in total. The highest BCUT2D eigenvalue weighted by molar-refractivity contribution is 8.32. The zero-order valence-electron chi connectivity index (χ0n) is 20.1. The maximum atomic E-state index is 13.8. The van der Waals surface area contributed by atoms with Crippen molar-refractivity contribution in [3.05, 3.63) is 53.6 Å². The average molecular weight is 478 g/mol. The summed E-state index contributed by atoms with van der Waals surface area (Å²) >= 11 is 0. The van der Waals surface area contributed by atoms with E-state index >= 15 is 0 Å². The number of nitrogens with zero attached hydrogens (tertiary/aromatic N) is 3. The van der Waals surface area contributed by atoms with Crippen LogP contribution < -0.4 is 9.64 Å². The molecular weight excluding hydrogens is 445 g/mol. The van der Waals surface area contributed by atoms with E-state index in [4.69, 9.17) is 14.2 Å². The summed E-state index contributed by atoms with van der Waals surface area (Å²) < 4.78 is 32.0. The topological polar surface area (TPSA) is 65.8 Å². The van der Waals surface area contributed by atoms with Crippen LogP contribution >= 0.6 is 10.0 Å². The number of benzene rings is 2. The molecule has 1 aromatic heterocycles. The number of carbonyl (C=O) groups excluding carboxylic acids is 1. The molecule has 2 aromatic carbocycles. The number of anilines is 1. The van der Waals surface area contributed by atoms with E-state index in [2.05, 4.69) is 23.8 Å². The molecule has 180 valence electrons. The average Bonchev–Trinajstić information content (AvgIpc) is 3.18. The monoisotopic (exact) mass is 477 g/mol. The number of imidazole rings is 1. The lowest BCUT2D eigenvalue weighted by atomic mass is 10.1. The maximum absolute atomic E-state index is 13.8. The Morgan fingerprint density at radius 1 is 1.18 bits per heavy atom. The summed E-state index contributed by atoms with van der Waals surface area (Å²) in [6.07, 6.45) is 8.48. The largest absolute Gasteiger partial charge is 0.494 e. The Balaban J connectivity index is 1.90. The third-order valence-electron chi connectivity index (χ3n) is 5.25. The van der Waals surface area contributed by atoms with E-state index in [0.717, 1.165) is 22.3 Å². The number of amides is 1. The van der Waals surface area contributed by atoms with Gasteiger partial charge in [0.1, 0.15) is 6.73 Å². The van der Waals surface area contributed by atoms with Gasteiger partial charge in [-0.2, -0.15) is 0 Å². The number of fused-ring (bicyclic) bond motifs is 1. The smallest absolute Gasteiger partial charge is 0.258 e. The second kappa shape index (κ2) is 10.5. The number of carbonyl (C=O) groups is 1. The van der Waals surface area contributed by atoms with E-state index in [1.807, 2.05) is 4.57 Å². The first-order chi connectivity index (χ1) is 15.6. The van der Waals surface area contributed by atoms with E-state index < -0.39 is 15.8 Å². The minimum absolute atomic E-state index is 0.0787. The van der Waals surface area contributed by atoms with Crippen molar-refractivity contribution >= 4 is 32.7 Å². The van der Waals surface area contributed by atoms with Crippen LogP contribution in [-0.2, 0) is 22.8 Å². The number of halogens is 1. The molecule has 0 aliphatic carbocycles. The Morgan fingerprint density at radius 2 is 1.94 bits per heavy atom. The second-order valence-corrected chi connectivity index (χ2v) is 13.3. The molecule has 0 N–H and O–H groups in total. The normalized spacial score (nSPS) is 12.2. The third kappa shape index (κ3) is 6.04. The molecule has 0 unspecified atom stereocenters. The van der Waals surface area contributed by atoms with Crippen LogP contribution in [0, 0.1) is 5.82 Å². The summed E-state index contributed by atoms with van der Waals surface area (Å²) in [5, 5.41) is 0. The number of hydrogen-bond acceptors (Lipinski definition) is 5. The van der Waals surface area contributed by atoms with Gasteiger partial charge in [-0.15, -0.1) is 0 Å². The van der Waals surface area contributed by atoms with Gasteiger partial charge in [-0.25, -0.2) is 19.4 Å². The standard InChI is InChI=1S/C24H32FN3O4S/c1-27(19-7-8-20(25)22(13-19)31-3)24(29)17-11-18(14-30-2)23-21(12-17)28(15-26-23)16-32-9-10-33(4,5)6/h7-8,11-13,15H,9-10,14,16H2,1-6H3. The van der Waals surface area contributed by atoms with Gasteiger partial charge in [-0.05, 0) is 43.0 Å². The summed E-state index contributed by atoms with van der Waals surface area (Å²) in [6, 6.07) is 7.91. The summed E-state index contributed by atoms with van der Waals surface area (Å²) in [4.78, 5) is 19.3. The number of methoxy groups -OCH3 is 2. The van der Waals surface area contributed by atoms with E-state index in [9.17, 15) is 9.18 Å². The zero-order chi connectivity index (χ0) is 24.2. The van der Waals surface area contributed by atoms with Crippen LogP contribution in [0.2, 0.25) is 0 Å². The minimum atomic E-state index is -0.632. The number of rotatable bonds is 10. The van der Waals surface area contributed by atoms with Crippen molar-refractivity contribution in [3.63, 3.8) is 0 Å². The number of ether oxygens (including phenoxy) is 3. The van der Waals surface area contributed by atoms with Gasteiger partial charge in [0.05, 0.1) is 37.7 Å². The molecule has 0 radical (unpaired) electrons. The van der Waals surface area contributed by atoms with Crippen LogP contribution in [-0.4, -0.2) is 67.9 Å². The summed E-state index contributed by atoms with van der Waals surface area (Å²) in [5.74, 6) is 0.371. The first-order valence-corrected chi connectivity index (χ1v) is 13.5. The predicted octanol–water partition coefficient (Wildman–Crippen LogP) is 4.28. The van der Waals surface area contributed by atoms with Crippen molar-refractivity contribution in [1.29, 1.82) is 0 Å². The van der Waals surface area contributed by atoms with E-state index in [1.165, 1.54) is 24.1 Å². The molecule has 9 heteroatoms. The molecule has 33 heavy (non-hydrogen) atoms. The molecule has 0 aliphatic rings. The molecule has 0 atom stereocenters. The zero-order valence-corrected chi connectivity index (χ0v) is 20.9. The molecular formula is C24H32FN3O4S. The molecule has 0 fully saturated rings. The van der Waals surface area contributed by atoms with Gasteiger partial charge in [0, 0.05) is 42.8 Å². The lowest BCUT2D eigenvalue weighted by Crippen LogP contribution is -2.26. The van der Waals surface area contributed by atoms with E-state index in [-0.39, 0.29) is 11.7 Å². The minimum Gasteiger partial charge on any atom is -0.494 e. The van der Waals surface area contributed by atoms with Crippen LogP contribution in [0.5, 0.6) is 5.75 Å². The molecule has 1 heterocycles. The van der Waals surface area contributed by atoms with E-state index in [0.29, 0.717) is 31.2 Å². The highest BCUT2D eigenvalue weighted by Crippen LogP contribution is 2.33. The van der Waals surface area contributed by atoms with Crippen LogP contribution in [0.15, 0.2) is 36.7 Å². The van der Waals surface area contributed by atoms with Gasteiger partial charge in [-0.1, -0.05) is 0 Å². The lowest BCUT2D eigenvalue weighted by molar-refractivity contribution is 0.0922. The van der Waals surface area contributed by atoms with Crippen molar-refractivity contribution in [1.82, 2.24) is 9.55 Å². The molecule has 0 saturated carbocycles. The highest BCUT2D eigenvalue weighted by atomic mass is 32.3. The van der Waals surface area contributed by atoms with Gasteiger partial charge >= 0.3 is 0 Å². The third-order valence-corrected chi connectivity index (χ3v) is 6.64. The maximum Gasteiger partial charge on any atom is 0.258 e. The summed E-state index contributed by atoms with van der Waals surface area (Å²) in [5.41, 5.74) is 3.36. The molecule has 0 bridgehead atoms. The number of hydrogen-bond donors (Lipinski definition) is 0. The SMILES string of the molecule is COCc1cc(C(=O)N(C)c2ccc(F)c(OC)c2)cc2c1ncn2COCCS(C)(C)C. The fourth-order valence-electron chi connectivity index (χ4n) is 3.37. The first kappa shape index (κ1) is 25.0. The predicted molar refractivity (Wildman–Crippen MR) is 132 cm³/mol. The molecule has 0 spiro atoms. The van der Waals surface area contributed by atoms with E-state index in [1.54, 1.807) is 38.7 Å². The Bertz CT molecular complexity index is 1130. The molecule has 0 aliphatic heterocycles. The van der Waals surface area contributed by atoms with Crippen molar-refractivity contribution in [2.45, 2.75) is 13.3 Å². The van der Waals surface area contributed by atoms with Gasteiger partial charge < -0.3 is 23.7 Å². The Kier molecular flexibility index (Phi) is 7.99. The second-order valence-electron chi connectivity index (χ2n) is 8.67. The highest BCUT2D eigenvalue weighted by Gasteiger charge is 2.19. The van der Waals surface area contributed by atoms with Crippen LogP contribution in [0.25, 0.3) is 11.0 Å². The van der Waals surface area contributed by atoms with Crippen LogP contribution in [0.3, 0.4) is 0 Å². The Hall–Kier alpha value is -2.62.